The van der Waals surface area contributed by atoms with Crippen molar-refractivity contribution in [2.75, 3.05) is 0 Å². The Hall–Kier alpha value is -5.41. The van der Waals surface area contributed by atoms with Crippen molar-refractivity contribution in [2.24, 2.45) is 0 Å². The summed E-state index contributed by atoms with van der Waals surface area (Å²) in [5, 5.41) is 0.496. The van der Waals surface area contributed by atoms with Gasteiger partial charge < -0.3 is 4.98 Å². The van der Waals surface area contributed by atoms with Gasteiger partial charge in [0.2, 0.25) is 0 Å². The van der Waals surface area contributed by atoms with E-state index in [0.717, 1.165) is 39.2 Å². The number of nitrogens with one attached hydrogen (secondary N) is 1. The van der Waals surface area contributed by atoms with E-state index < -0.39 is 10.0 Å². The van der Waals surface area contributed by atoms with Crippen LogP contribution < -0.4 is 0 Å². The summed E-state index contributed by atoms with van der Waals surface area (Å²) in [6.45, 7) is 3.78. The molecule has 0 saturated carbocycles. The average Bonchev–Trinajstić information content (AvgIpc) is 3.62. The summed E-state index contributed by atoms with van der Waals surface area (Å²) in [5.74, 6) is 0.143. The van der Waals surface area contributed by atoms with Gasteiger partial charge >= 0.3 is 0 Å². The van der Waals surface area contributed by atoms with E-state index >= 15 is 0 Å². The maximum Gasteiger partial charge on any atom is 0.268 e. The molecule has 0 aliphatic heterocycles. The Morgan fingerprint density at radius 1 is 0.867 bits per heavy atom. The van der Waals surface area contributed by atoms with Crippen LogP contribution in [0.4, 0.5) is 4.39 Å². The topological polar surface area (TPSA) is 97.7 Å². The summed E-state index contributed by atoms with van der Waals surface area (Å²) in [7, 11) is -4.05. The zero-order valence-electron chi connectivity index (χ0n) is 24.5. The summed E-state index contributed by atoms with van der Waals surface area (Å²) >= 11 is 0. The first-order valence-electron chi connectivity index (χ1n) is 14.3. The number of hydrogen-bond acceptors (Lipinski definition) is 5. The van der Waals surface area contributed by atoms with Crippen molar-refractivity contribution in [3.63, 3.8) is 0 Å². The van der Waals surface area contributed by atoms with Gasteiger partial charge in [-0.05, 0) is 66.9 Å². The van der Waals surface area contributed by atoms with Gasteiger partial charge in [-0.3, -0.25) is 9.78 Å². The van der Waals surface area contributed by atoms with Crippen molar-refractivity contribution in [1.29, 1.82) is 0 Å². The van der Waals surface area contributed by atoms with Gasteiger partial charge in [-0.1, -0.05) is 66.2 Å². The Morgan fingerprint density at radius 2 is 1.58 bits per heavy atom. The summed E-state index contributed by atoms with van der Waals surface area (Å²) in [4.78, 5) is 26.4. The second-order valence-corrected chi connectivity index (χ2v) is 12.9. The van der Waals surface area contributed by atoms with E-state index in [1.54, 1.807) is 66.9 Å². The maximum atomic E-state index is 13.9. The zero-order chi connectivity index (χ0) is 31.3. The molecule has 4 aromatic carbocycles. The number of pyridine rings is 1. The number of benzene rings is 4. The molecule has 1 N–H and O–H groups in total. The summed E-state index contributed by atoms with van der Waals surface area (Å²) in [6.07, 6.45) is 3.68. The number of halogens is 1. The molecule has 45 heavy (non-hydrogen) atoms. The molecular formula is C36H27FN4O3S. The molecule has 0 spiro atoms. The van der Waals surface area contributed by atoms with Crippen LogP contribution in [0.25, 0.3) is 33.1 Å². The lowest BCUT2D eigenvalue weighted by atomic mass is 9.98. The Balaban J connectivity index is 1.29. The van der Waals surface area contributed by atoms with Crippen LogP contribution in [0.5, 0.6) is 0 Å². The van der Waals surface area contributed by atoms with E-state index in [1.807, 2.05) is 38.1 Å². The standard InChI is InChI=1S/C36H27FN4O3S/c1-22-3-14-29(15-4-22)45(43,44)41-21-31(30-16-11-27(20-34(30)41)25-9-12-28(37)13-10-25)36(42)26-7-5-24(6-8-26)19-33-35-32(17-18-38-33)39-23(2)40-35/h3-18,20-21H,19H2,1-2H3,(H,39,40). The van der Waals surface area contributed by atoms with Gasteiger partial charge in [0, 0.05) is 35.3 Å². The molecule has 0 radical (unpaired) electrons. The van der Waals surface area contributed by atoms with Crippen molar-refractivity contribution >= 4 is 37.7 Å². The molecule has 0 atom stereocenters. The SMILES string of the molecule is Cc1ccc(S(=O)(=O)n2cc(C(=O)c3ccc(Cc4nccc5[nH]c(C)nc45)cc3)c3ccc(-c4ccc(F)cc4)cc32)cc1. The van der Waals surface area contributed by atoms with E-state index in [9.17, 15) is 17.6 Å². The minimum atomic E-state index is -4.05. The van der Waals surface area contributed by atoms with Gasteiger partial charge in [0.1, 0.15) is 17.2 Å². The first-order chi connectivity index (χ1) is 21.7. The summed E-state index contributed by atoms with van der Waals surface area (Å²) < 4.78 is 42.6. The van der Waals surface area contributed by atoms with Crippen molar-refractivity contribution in [3.05, 3.63) is 149 Å². The number of fused-ring (bicyclic) bond motifs is 2. The second kappa shape index (κ2) is 10.9. The third-order valence-electron chi connectivity index (χ3n) is 7.95. The Morgan fingerprint density at radius 3 is 2.31 bits per heavy atom. The number of ketones is 1. The molecule has 0 fully saturated rings. The summed E-state index contributed by atoms with van der Waals surface area (Å²) in [5.41, 5.74) is 6.91. The minimum Gasteiger partial charge on any atom is -0.342 e. The lowest BCUT2D eigenvalue weighted by Crippen LogP contribution is -2.12. The van der Waals surface area contributed by atoms with Gasteiger partial charge in [0.25, 0.3) is 10.0 Å². The third kappa shape index (κ3) is 5.21. The van der Waals surface area contributed by atoms with Crippen molar-refractivity contribution in [3.8, 4) is 11.1 Å². The van der Waals surface area contributed by atoms with E-state index in [-0.39, 0.29) is 22.1 Å². The van der Waals surface area contributed by atoms with E-state index in [1.165, 1.54) is 22.3 Å². The molecule has 0 aliphatic rings. The van der Waals surface area contributed by atoms with Gasteiger partial charge in [0.15, 0.2) is 5.78 Å². The molecule has 222 valence electrons. The van der Waals surface area contributed by atoms with Crippen LogP contribution in [0.15, 0.2) is 114 Å². The number of imidazole rings is 1. The van der Waals surface area contributed by atoms with Crippen LogP contribution in [-0.2, 0) is 16.4 Å². The molecule has 3 heterocycles. The second-order valence-electron chi connectivity index (χ2n) is 11.1. The van der Waals surface area contributed by atoms with Crippen molar-refractivity contribution < 1.29 is 17.6 Å². The van der Waals surface area contributed by atoms with Crippen LogP contribution in [0, 0.1) is 19.7 Å². The predicted octanol–water partition coefficient (Wildman–Crippen LogP) is 7.39. The van der Waals surface area contributed by atoms with Crippen LogP contribution in [0.2, 0.25) is 0 Å². The van der Waals surface area contributed by atoms with E-state index in [0.29, 0.717) is 28.5 Å². The molecule has 7 nitrogen and oxygen atoms in total. The van der Waals surface area contributed by atoms with Crippen LogP contribution in [0.3, 0.4) is 0 Å². The highest BCUT2D eigenvalue weighted by Gasteiger charge is 2.25. The Labute approximate surface area is 259 Å². The molecule has 0 unspecified atom stereocenters. The number of carbonyl (C=O) groups excluding carboxylic acids is 1. The van der Waals surface area contributed by atoms with Gasteiger partial charge in [-0.25, -0.2) is 21.8 Å². The van der Waals surface area contributed by atoms with Crippen LogP contribution in [-0.4, -0.2) is 33.1 Å². The first-order valence-corrected chi connectivity index (χ1v) is 15.8. The molecule has 0 amide bonds. The number of carbonyl (C=O) groups is 1. The Kier molecular flexibility index (Phi) is 6.90. The number of H-pyrrole nitrogens is 1. The molecule has 0 aliphatic carbocycles. The van der Waals surface area contributed by atoms with Gasteiger partial charge in [0.05, 0.1) is 21.6 Å². The highest BCUT2D eigenvalue weighted by atomic mass is 32.2. The van der Waals surface area contributed by atoms with E-state index in [4.69, 9.17) is 0 Å². The number of rotatable bonds is 7. The lowest BCUT2D eigenvalue weighted by molar-refractivity contribution is 0.104. The van der Waals surface area contributed by atoms with Crippen LogP contribution in [0.1, 0.15) is 38.6 Å². The number of nitrogens with zero attached hydrogens (tertiary/aromatic N) is 3. The normalized spacial score (nSPS) is 11.8. The molecule has 0 bridgehead atoms. The fourth-order valence-electron chi connectivity index (χ4n) is 5.59. The quantitative estimate of drug-likeness (QED) is 0.189. The molecule has 9 heteroatoms. The molecule has 3 aromatic heterocycles. The number of aryl methyl sites for hydroxylation is 2. The zero-order valence-corrected chi connectivity index (χ0v) is 25.3. The number of aromatic amines is 1. The first kappa shape index (κ1) is 28.4. The van der Waals surface area contributed by atoms with Gasteiger partial charge in [-0.2, -0.15) is 0 Å². The molecular weight excluding hydrogens is 587 g/mol. The lowest BCUT2D eigenvalue weighted by Gasteiger charge is -2.09. The fraction of sp³-hybridized carbons (Fsp3) is 0.0833. The molecule has 7 aromatic rings. The smallest absolute Gasteiger partial charge is 0.268 e. The van der Waals surface area contributed by atoms with Crippen molar-refractivity contribution in [1.82, 2.24) is 18.9 Å². The number of aromatic nitrogens is 4. The highest BCUT2D eigenvalue weighted by Crippen LogP contribution is 2.32. The van der Waals surface area contributed by atoms with E-state index in [2.05, 4.69) is 15.0 Å². The van der Waals surface area contributed by atoms with Gasteiger partial charge in [-0.15, -0.1) is 0 Å². The Bertz CT molecular complexity index is 2340. The third-order valence-corrected chi connectivity index (χ3v) is 9.64. The van der Waals surface area contributed by atoms with Crippen LogP contribution >= 0.6 is 0 Å². The van der Waals surface area contributed by atoms with Crippen molar-refractivity contribution in [2.45, 2.75) is 25.2 Å². The molecule has 0 saturated heterocycles. The predicted molar refractivity (Wildman–Crippen MR) is 172 cm³/mol. The highest BCUT2D eigenvalue weighted by molar-refractivity contribution is 7.90. The number of hydrogen-bond donors (Lipinski definition) is 1. The fourth-order valence-corrected chi connectivity index (χ4v) is 6.95. The molecule has 7 rings (SSSR count). The monoisotopic (exact) mass is 614 g/mol. The maximum absolute atomic E-state index is 13.9. The average molecular weight is 615 g/mol. The largest absolute Gasteiger partial charge is 0.342 e. The minimum absolute atomic E-state index is 0.108. The summed E-state index contributed by atoms with van der Waals surface area (Å²) in [6, 6.07) is 27.0.